The molecule has 0 spiro atoms. The maximum Gasteiger partial charge on any atom is 0.233 e. The van der Waals surface area contributed by atoms with E-state index in [4.69, 9.17) is 10.8 Å². The lowest BCUT2D eigenvalue weighted by Crippen LogP contribution is -2.58. The van der Waals surface area contributed by atoms with Gasteiger partial charge in [0.1, 0.15) is 16.7 Å². The first-order valence-electron chi connectivity index (χ1n) is 13.8. The number of carbonyl (C=O) groups excluding carboxylic acids is 2. The third-order valence-electron chi connectivity index (χ3n) is 7.98. The smallest absolute Gasteiger partial charge is 0.233 e. The predicted octanol–water partition coefficient (Wildman–Crippen LogP) is 2.77. The molecule has 0 bridgehead atoms. The van der Waals surface area contributed by atoms with E-state index in [1.807, 2.05) is 7.05 Å². The molecule has 2 amide bonds. The molecule has 4 rings (SSSR count). The van der Waals surface area contributed by atoms with Crippen LogP contribution in [-0.4, -0.2) is 74.4 Å². The Bertz CT molecular complexity index is 1420. The molecule has 11 nitrogen and oxygen atoms in total. The number of pyridine rings is 1. The summed E-state index contributed by atoms with van der Waals surface area (Å²) in [4.78, 5) is 39.2. The Hall–Kier alpha value is -3.62. The van der Waals surface area contributed by atoms with E-state index in [0.29, 0.717) is 18.3 Å². The number of carbonyl (C=O) groups is 2. The number of thioether (sulfide) groups is 1. The molecule has 234 valence electrons. The van der Waals surface area contributed by atoms with Crippen molar-refractivity contribution in [3.8, 4) is 5.75 Å². The Balaban J connectivity index is 0.000000238. The lowest BCUT2D eigenvalue weighted by atomic mass is 9.80. The lowest BCUT2D eigenvalue weighted by Gasteiger charge is -2.44. The molecule has 1 aromatic carbocycles. The second-order valence-electron chi connectivity index (χ2n) is 11.0. The second-order valence-corrected chi connectivity index (χ2v) is 12.1. The van der Waals surface area contributed by atoms with Gasteiger partial charge in [0.05, 0.1) is 27.6 Å². The average molecular weight is 621 g/mol. The number of aryl methyl sites for hydroxylation is 1. The van der Waals surface area contributed by atoms with Gasteiger partial charge in [-0.15, -0.1) is 0 Å². The third kappa shape index (κ3) is 8.71. The Morgan fingerprint density at radius 2 is 1.88 bits per heavy atom. The number of amides is 2. The zero-order valence-electron chi connectivity index (χ0n) is 24.4. The number of rotatable bonds is 9. The van der Waals surface area contributed by atoms with Crippen molar-refractivity contribution in [3.63, 3.8) is 0 Å². The number of aromatic amines is 1. The van der Waals surface area contributed by atoms with Crippen LogP contribution < -0.4 is 16.1 Å². The number of hydrogen-bond donors (Lipinski definition) is 7. The van der Waals surface area contributed by atoms with Crippen molar-refractivity contribution in [2.75, 3.05) is 20.6 Å². The minimum absolute atomic E-state index is 0.0149. The molecule has 1 heterocycles. The Labute approximate surface area is 252 Å². The summed E-state index contributed by atoms with van der Waals surface area (Å²) in [6.45, 7) is 1.88. The van der Waals surface area contributed by atoms with Crippen molar-refractivity contribution < 1.29 is 28.6 Å². The number of nitrogens with zero attached hydrogens (tertiary/aromatic N) is 1. The highest BCUT2D eigenvalue weighted by molar-refractivity contribution is 8.26. The van der Waals surface area contributed by atoms with Crippen molar-refractivity contribution in [3.05, 3.63) is 63.1 Å². The molecule has 0 aliphatic heterocycles. The van der Waals surface area contributed by atoms with E-state index in [2.05, 4.69) is 15.6 Å². The molecule has 2 aliphatic carbocycles. The molecule has 0 unspecified atom stereocenters. The van der Waals surface area contributed by atoms with Gasteiger partial charge in [0, 0.05) is 38.2 Å². The van der Waals surface area contributed by atoms with Gasteiger partial charge in [-0.25, -0.2) is 8.78 Å². The highest BCUT2D eigenvalue weighted by atomic mass is 32.2. The summed E-state index contributed by atoms with van der Waals surface area (Å²) >= 11 is 0.664. The summed E-state index contributed by atoms with van der Waals surface area (Å²) in [5.74, 6) is -1.95. The maximum atomic E-state index is 13.5. The average Bonchev–Trinajstić information content (AvgIpc) is 3.73. The van der Waals surface area contributed by atoms with Crippen LogP contribution in [0.3, 0.4) is 0 Å². The molecule has 14 heteroatoms. The number of H-pyrrole nitrogens is 1. The number of aromatic hydroxyl groups is 1. The zero-order chi connectivity index (χ0) is 31.9. The van der Waals surface area contributed by atoms with Gasteiger partial charge in [0.15, 0.2) is 5.75 Å². The third-order valence-corrected chi connectivity index (χ3v) is 8.80. The largest absolute Gasteiger partial charge is 0.503 e. The molecule has 2 saturated carbocycles. The Morgan fingerprint density at radius 3 is 2.44 bits per heavy atom. The quantitative estimate of drug-likeness (QED) is 0.0973. The van der Waals surface area contributed by atoms with Gasteiger partial charge in [-0.3, -0.25) is 30.5 Å². The highest BCUT2D eigenvalue weighted by Gasteiger charge is 2.42. The van der Waals surface area contributed by atoms with Crippen molar-refractivity contribution in [2.24, 2.45) is 5.92 Å². The number of benzene rings is 1. The molecule has 2 aliphatic rings. The van der Waals surface area contributed by atoms with Gasteiger partial charge < -0.3 is 25.4 Å². The highest BCUT2D eigenvalue weighted by Crippen LogP contribution is 2.35. The number of aromatic nitrogens is 1. The van der Waals surface area contributed by atoms with Crippen LogP contribution in [0.15, 0.2) is 29.2 Å². The van der Waals surface area contributed by atoms with Crippen molar-refractivity contribution in [1.29, 1.82) is 10.8 Å². The van der Waals surface area contributed by atoms with Crippen LogP contribution in [0.1, 0.15) is 55.3 Å². The maximum absolute atomic E-state index is 13.5. The van der Waals surface area contributed by atoms with Crippen molar-refractivity contribution in [2.45, 2.75) is 63.1 Å². The van der Waals surface area contributed by atoms with E-state index < -0.39 is 28.4 Å². The Kier molecular flexibility index (Phi) is 11.2. The van der Waals surface area contributed by atoms with Gasteiger partial charge in [-0.1, -0.05) is 17.8 Å². The fourth-order valence-corrected chi connectivity index (χ4v) is 5.52. The molecule has 2 fully saturated rings. The van der Waals surface area contributed by atoms with Crippen LogP contribution in [-0.2, 0) is 16.0 Å². The molecule has 0 atom stereocenters. The van der Waals surface area contributed by atoms with Crippen molar-refractivity contribution in [1.82, 2.24) is 20.5 Å². The topological polar surface area (TPSA) is 182 Å². The molecular formula is C29H38F2N6O5S. The monoisotopic (exact) mass is 620 g/mol. The van der Waals surface area contributed by atoms with E-state index in [9.17, 15) is 33.4 Å². The van der Waals surface area contributed by atoms with Crippen LogP contribution in [0.25, 0.3) is 0 Å². The fraction of sp³-hybridized carbons (Fsp3) is 0.483. The summed E-state index contributed by atoms with van der Waals surface area (Å²) in [5, 5.41) is 40.7. The van der Waals surface area contributed by atoms with Crippen LogP contribution in [0.5, 0.6) is 5.75 Å². The van der Waals surface area contributed by atoms with Gasteiger partial charge in [0.2, 0.25) is 17.7 Å². The van der Waals surface area contributed by atoms with E-state index in [1.54, 1.807) is 11.9 Å². The van der Waals surface area contributed by atoms with Gasteiger partial charge >= 0.3 is 0 Å². The van der Waals surface area contributed by atoms with Gasteiger partial charge in [-0.2, -0.15) is 0 Å². The number of nitrogens with one attached hydrogen (secondary N) is 5. The van der Waals surface area contributed by atoms with E-state index in [1.165, 1.54) is 19.2 Å². The molecule has 2 aromatic rings. The van der Waals surface area contributed by atoms with Crippen LogP contribution in [0, 0.1) is 35.3 Å². The van der Waals surface area contributed by atoms with E-state index >= 15 is 0 Å². The minimum atomic E-state index is -0.771. The lowest BCUT2D eigenvalue weighted by molar-refractivity contribution is -0.130. The van der Waals surface area contributed by atoms with Gasteiger partial charge in [0.25, 0.3) is 0 Å². The summed E-state index contributed by atoms with van der Waals surface area (Å²) in [7, 11) is 3.62. The fourth-order valence-electron chi connectivity index (χ4n) is 4.79. The first kappa shape index (κ1) is 33.9. The number of halogens is 2. The van der Waals surface area contributed by atoms with E-state index in [-0.39, 0.29) is 50.8 Å². The Morgan fingerprint density at radius 1 is 1.23 bits per heavy atom. The van der Waals surface area contributed by atoms with Crippen LogP contribution >= 0.6 is 11.8 Å². The first-order chi connectivity index (χ1) is 20.2. The second kappa shape index (κ2) is 14.2. The number of aliphatic hydroxyl groups is 1. The molecule has 0 saturated heterocycles. The SMILES string of the molecule is CNC1(N(C)C=O)CCC(C(=O)NCC2(O)CC2)CC1.Cc1[nH]cc(C(=N)SC(=N)Cc2ccc(F)cc2F)c(=O)c1O. The normalized spacial score (nSPS) is 20.3. The summed E-state index contributed by atoms with van der Waals surface area (Å²) in [5.41, 5.74) is -1.36. The molecule has 43 heavy (non-hydrogen) atoms. The summed E-state index contributed by atoms with van der Waals surface area (Å²) < 4.78 is 26.4. The standard InChI is InChI=1S/C15H13F2N3O2S.C14H25N3O3/c1-7-13(21)14(22)10(6-20-7)15(19)23-12(18)4-8-2-3-9(16)5-11(8)17;1-15-14(17(2)10-18)5-3-11(4-6-14)12(19)16-9-13(20)7-8-13/h2-3,5-6,18-19,21H,4H2,1H3,(H,20,22);10-11,15,20H,3-9H2,1-2H3,(H,16,19). The summed E-state index contributed by atoms with van der Waals surface area (Å²) in [6, 6.07) is 3.04. The van der Waals surface area contributed by atoms with Gasteiger partial charge in [-0.05, 0) is 64.1 Å². The minimum Gasteiger partial charge on any atom is -0.503 e. The number of hydrogen-bond acceptors (Lipinski definition) is 9. The van der Waals surface area contributed by atoms with Crippen molar-refractivity contribution >= 4 is 34.2 Å². The zero-order valence-corrected chi connectivity index (χ0v) is 25.2. The van der Waals surface area contributed by atoms with E-state index in [0.717, 1.165) is 57.1 Å². The summed E-state index contributed by atoms with van der Waals surface area (Å²) in [6.07, 6.45) is 6.58. The molecular weight excluding hydrogens is 582 g/mol. The van der Waals surface area contributed by atoms with Crippen LogP contribution in [0.2, 0.25) is 0 Å². The molecule has 1 aromatic heterocycles. The van der Waals surface area contributed by atoms with Crippen LogP contribution in [0.4, 0.5) is 8.78 Å². The first-order valence-corrected chi connectivity index (χ1v) is 14.6. The molecule has 7 N–H and O–H groups in total. The molecule has 0 radical (unpaired) electrons. The predicted molar refractivity (Wildman–Crippen MR) is 160 cm³/mol.